The summed E-state index contributed by atoms with van der Waals surface area (Å²) in [6.07, 6.45) is -2.29. The number of imidazole rings is 1. The number of rotatable bonds is 4. The summed E-state index contributed by atoms with van der Waals surface area (Å²) in [5.41, 5.74) is -0.195. The quantitative estimate of drug-likeness (QED) is 0.653. The lowest BCUT2D eigenvalue weighted by molar-refractivity contribution is 0.141. The molecule has 144 valence electrons. The summed E-state index contributed by atoms with van der Waals surface area (Å²) in [7, 11) is -4.02. The molecule has 0 fully saturated rings. The van der Waals surface area contributed by atoms with Gasteiger partial charge >= 0.3 is 0 Å². The van der Waals surface area contributed by atoms with Crippen molar-refractivity contribution in [3.8, 4) is 28.6 Å². The second kappa shape index (κ2) is 7.09. The first-order valence-corrected chi connectivity index (χ1v) is 9.59. The zero-order valence-electron chi connectivity index (χ0n) is 14.2. The molecular formula is C18H11F4N3O2S. The number of benzene rings is 2. The van der Waals surface area contributed by atoms with Gasteiger partial charge in [-0.3, -0.25) is 0 Å². The van der Waals surface area contributed by atoms with E-state index >= 15 is 0 Å². The lowest BCUT2D eigenvalue weighted by Gasteiger charge is -2.08. The monoisotopic (exact) mass is 409 g/mol. The highest BCUT2D eigenvalue weighted by Crippen LogP contribution is 2.35. The Hall–Kier alpha value is -3.19. The van der Waals surface area contributed by atoms with Crippen LogP contribution < -0.4 is 0 Å². The van der Waals surface area contributed by atoms with E-state index in [0.29, 0.717) is 17.7 Å². The van der Waals surface area contributed by atoms with Gasteiger partial charge in [0.1, 0.15) is 16.5 Å². The molecule has 5 nitrogen and oxygen atoms in total. The van der Waals surface area contributed by atoms with Crippen molar-refractivity contribution in [2.75, 3.05) is 6.26 Å². The van der Waals surface area contributed by atoms with Gasteiger partial charge in [0, 0.05) is 17.4 Å². The van der Waals surface area contributed by atoms with Crippen LogP contribution >= 0.6 is 0 Å². The number of halogens is 4. The lowest BCUT2D eigenvalue weighted by Crippen LogP contribution is -2.03. The Morgan fingerprint density at radius 1 is 1.11 bits per heavy atom. The van der Waals surface area contributed by atoms with E-state index in [1.54, 1.807) is 0 Å². The van der Waals surface area contributed by atoms with Gasteiger partial charge in [-0.2, -0.15) is 5.26 Å². The summed E-state index contributed by atoms with van der Waals surface area (Å²) in [6, 6.07) is 8.68. The van der Waals surface area contributed by atoms with Crippen LogP contribution in [0, 0.1) is 23.0 Å². The average molecular weight is 409 g/mol. The zero-order chi connectivity index (χ0) is 20.6. The summed E-state index contributed by atoms with van der Waals surface area (Å²) in [5.74, 6) is -3.11. The van der Waals surface area contributed by atoms with Crippen LogP contribution in [0.2, 0.25) is 0 Å². The number of nitrogens with zero attached hydrogens (tertiary/aromatic N) is 2. The van der Waals surface area contributed by atoms with E-state index in [9.17, 15) is 26.0 Å². The first-order chi connectivity index (χ1) is 13.1. The predicted octanol–water partition coefficient (Wildman–Crippen LogP) is 4.23. The molecular weight excluding hydrogens is 398 g/mol. The number of nitriles is 1. The summed E-state index contributed by atoms with van der Waals surface area (Å²) in [4.78, 5) is 5.18. The number of nitrogens with one attached hydrogen (secondary N) is 1. The third-order valence-corrected chi connectivity index (χ3v) is 5.02. The molecule has 0 spiro atoms. The SMILES string of the molecule is CS(=O)(=O)c1cc(F)c(-c2[nH]c(C(F)F)nc2-c2ccc(C#N)cc2)cc1F. The lowest BCUT2D eigenvalue weighted by atomic mass is 10.0. The maximum absolute atomic E-state index is 14.6. The molecule has 10 heteroatoms. The highest BCUT2D eigenvalue weighted by Gasteiger charge is 2.24. The van der Waals surface area contributed by atoms with Crippen molar-refractivity contribution in [3.63, 3.8) is 0 Å². The van der Waals surface area contributed by atoms with Gasteiger partial charge in [0.2, 0.25) is 0 Å². The van der Waals surface area contributed by atoms with Gasteiger partial charge in [-0.25, -0.2) is 31.0 Å². The molecule has 0 aliphatic carbocycles. The predicted molar refractivity (Wildman–Crippen MR) is 92.2 cm³/mol. The minimum atomic E-state index is -4.02. The van der Waals surface area contributed by atoms with Crippen LogP contribution in [0.3, 0.4) is 0 Å². The molecule has 0 unspecified atom stereocenters. The molecule has 0 saturated carbocycles. The Kier molecular flexibility index (Phi) is 4.95. The van der Waals surface area contributed by atoms with E-state index in [1.165, 1.54) is 24.3 Å². The number of hydrogen-bond donors (Lipinski definition) is 1. The van der Waals surface area contributed by atoms with Gasteiger partial charge in [0.25, 0.3) is 6.43 Å². The molecule has 28 heavy (non-hydrogen) atoms. The third-order valence-electron chi connectivity index (χ3n) is 3.91. The Morgan fingerprint density at radius 3 is 2.29 bits per heavy atom. The number of aromatic nitrogens is 2. The average Bonchev–Trinajstić information content (AvgIpc) is 3.08. The largest absolute Gasteiger partial charge is 0.337 e. The summed E-state index contributed by atoms with van der Waals surface area (Å²) >= 11 is 0. The molecule has 0 amide bonds. The second-order valence-electron chi connectivity index (χ2n) is 5.87. The van der Waals surface area contributed by atoms with Crippen molar-refractivity contribution < 1.29 is 26.0 Å². The maximum atomic E-state index is 14.6. The summed E-state index contributed by atoms with van der Waals surface area (Å²) in [5, 5.41) is 8.86. The van der Waals surface area contributed by atoms with Crippen LogP contribution in [0.5, 0.6) is 0 Å². The molecule has 0 radical (unpaired) electrons. The van der Waals surface area contributed by atoms with Crippen LogP contribution in [-0.2, 0) is 9.84 Å². The molecule has 0 atom stereocenters. The topological polar surface area (TPSA) is 86.6 Å². The molecule has 0 bridgehead atoms. The number of hydrogen-bond acceptors (Lipinski definition) is 4. The Balaban J connectivity index is 2.24. The minimum absolute atomic E-state index is 0.0924. The normalized spacial score (nSPS) is 11.6. The van der Waals surface area contributed by atoms with E-state index in [1.807, 2.05) is 6.07 Å². The van der Waals surface area contributed by atoms with Crippen molar-refractivity contribution in [2.24, 2.45) is 0 Å². The second-order valence-corrected chi connectivity index (χ2v) is 7.85. The van der Waals surface area contributed by atoms with Gasteiger partial charge in [-0.15, -0.1) is 0 Å². The van der Waals surface area contributed by atoms with E-state index < -0.39 is 44.2 Å². The van der Waals surface area contributed by atoms with Gasteiger partial charge in [-0.05, 0) is 24.3 Å². The van der Waals surface area contributed by atoms with E-state index in [2.05, 4.69) is 9.97 Å². The van der Waals surface area contributed by atoms with E-state index in [4.69, 9.17) is 5.26 Å². The van der Waals surface area contributed by atoms with Crippen molar-refractivity contribution in [2.45, 2.75) is 11.3 Å². The van der Waals surface area contributed by atoms with Crippen LogP contribution in [-0.4, -0.2) is 24.6 Å². The van der Waals surface area contributed by atoms with Crippen LogP contribution in [0.4, 0.5) is 17.6 Å². The molecule has 0 aliphatic rings. The smallest absolute Gasteiger partial charge is 0.295 e. The third kappa shape index (κ3) is 3.61. The molecule has 1 N–H and O–H groups in total. The zero-order valence-corrected chi connectivity index (χ0v) is 15.0. The summed E-state index contributed by atoms with van der Waals surface area (Å²) < 4.78 is 78.1. The first-order valence-electron chi connectivity index (χ1n) is 7.70. The van der Waals surface area contributed by atoms with Crippen molar-refractivity contribution in [1.29, 1.82) is 5.26 Å². The molecule has 3 rings (SSSR count). The standard InChI is InChI=1S/C18H11F4N3O2S/c1-28(26,27)14-7-12(19)11(6-13(14)20)16-15(24-18(25-16)17(21)22)10-4-2-9(8-23)3-5-10/h2-7,17H,1H3,(H,24,25). The van der Waals surface area contributed by atoms with Crippen LogP contribution in [0.15, 0.2) is 41.3 Å². The molecule has 0 aliphatic heterocycles. The van der Waals surface area contributed by atoms with Crippen molar-refractivity contribution in [1.82, 2.24) is 9.97 Å². The molecule has 2 aromatic carbocycles. The maximum Gasteiger partial charge on any atom is 0.295 e. The Morgan fingerprint density at radius 2 is 1.75 bits per heavy atom. The number of H-pyrrole nitrogens is 1. The van der Waals surface area contributed by atoms with Gasteiger partial charge < -0.3 is 4.98 Å². The van der Waals surface area contributed by atoms with Crippen LogP contribution in [0.25, 0.3) is 22.5 Å². The molecule has 1 heterocycles. The fourth-order valence-corrected chi connectivity index (χ4v) is 3.34. The highest BCUT2D eigenvalue weighted by atomic mass is 32.2. The van der Waals surface area contributed by atoms with Gasteiger partial charge in [-0.1, -0.05) is 12.1 Å². The van der Waals surface area contributed by atoms with E-state index in [0.717, 1.165) is 6.26 Å². The van der Waals surface area contributed by atoms with E-state index in [-0.39, 0.29) is 17.0 Å². The molecule has 3 aromatic rings. The van der Waals surface area contributed by atoms with Gasteiger partial charge in [0.05, 0.1) is 23.0 Å². The highest BCUT2D eigenvalue weighted by molar-refractivity contribution is 7.90. The fraction of sp³-hybridized carbons (Fsp3) is 0.111. The molecule has 1 aromatic heterocycles. The minimum Gasteiger partial charge on any atom is -0.337 e. The Bertz CT molecular complexity index is 1200. The Labute approximate surface area is 157 Å². The fourth-order valence-electron chi connectivity index (χ4n) is 2.61. The molecule has 0 saturated heterocycles. The number of alkyl halides is 2. The van der Waals surface area contributed by atoms with Gasteiger partial charge in [0.15, 0.2) is 15.7 Å². The number of aromatic amines is 1. The van der Waals surface area contributed by atoms with Crippen molar-refractivity contribution in [3.05, 3.63) is 59.4 Å². The summed E-state index contributed by atoms with van der Waals surface area (Å²) in [6.45, 7) is 0. The first kappa shape index (κ1) is 19.6. The van der Waals surface area contributed by atoms with Crippen LogP contribution in [0.1, 0.15) is 17.8 Å². The van der Waals surface area contributed by atoms with Crippen molar-refractivity contribution >= 4 is 9.84 Å². The number of sulfone groups is 1.